The molecule has 0 spiro atoms. The van der Waals surface area contributed by atoms with E-state index in [2.05, 4.69) is 10.1 Å². The van der Waals surface area contributed by atoms with Gasteiger partial charge in [-0.05, 0) is 31.5 Å². The molecular formula is C14H19ClN2O4. The van der Waals surface area contributed by atoms with Crippen molar-refractivity contribution in [3.05, 3.63) is 23.2 Å². The zero-order valence-electron chi connectivity index (χ0n) is 12.0. The number of hydrogen-bond donors (Lipinski definition) is 2. The first-order valence-corrected chi connectivity index (χ1v) is 7.02. The van der Waals surface area contributed by atoms with E-state index < -0.39 is 17.9 Å². The lowest BCUT2D eigenvalue weighted by Crippen LogP contribution is -2.43. The van der Waals surface area contributed by atoms with Gasteiger partial charge in [-0.25, -0.2) is 4.79 Å². The van der Waals surface area contributed by atoms with Gasteiger partial charge in [-0.2, -0.15) is 0 Å². The van der Waals surface area contributed by atoms with Gasteiger partial charge < -0.3 is 20.5 Å². The maximum atomic E-state index is 11.8. The molecule has 1 unspecified atom stereocenters. The van der Waals surface area contributed by atoms with E-state index in [0.717, 1.165) is 6.42 Å². The van der Waals surface area contributed by atoms with Crippen molar-refractivity contribution in [1.29, 1.82) is 0 Å². The second-order valence-corrected chi connectivity index (χ2v) is 4.62. The third-order valence-corrected chi connectivity index (χ3v) is 2.78. The highest BCUT2D eigenvalue weighted by Gasteiger charge is 2.23. The highest BCUT2D eigenvalue weighted by molar-refractivity contribution is 6.32. The van der Waals surface area contributed by atoms with Gasteiger partial charge in [-0.15, -0.1) is 0 Å². The van der Waals surface area contributed by atoms with E-state index in [1.165, 1.54) is 6.07 Å². The van der Waals surface area contributed by atoms with Crippen molar-refractivity contribution in [3.8, 4) is 5.75 Å². The highest BCUT2D eigenvalue weighted by atomic mass is 35.5. The molecule has 0 bridgehead atoms. The number of nitrogens with two attached hydrogens (primary N) is 1. The van der Waals surface area contributed by atoms with Gasteiger partial charge in [0.15, 0.2) is 6.04 Å². The van der Waals surface area contributed by atoms with Crippen molar-refractivity contribution in [2.24, 2.45) is 5.73 Å². The molecule has 116 valence electrons. The fourth-order valence-electron chi connectivity index (χ4n) is 1.47. The Bertz CT molecular complexity index is 508. The summed E-state index contributed by atoms with van der Waals surface area (Å²) in [4.78, 5) is 23.1. The SMILES string of the molecule is CCCOc1ccc(NC(=O)C(N)C(=O)OCC)cc1Cl. The van der Waals surface area contributed by atoms with Crippen molar-refractivity contribution in [2.75, 3.05) is 18.5 Å². The number of anilines is 1. The normalized spacial score (nSPS) is 11.6. The number of ether oxygens (including phenoxy) is 2. The number of hydrogen-bond acceptors (Lipinski definition) is 5. The quantitative estimate of drug-likeness (QED) is 0.593. The van der Waals surface area contributed by atoms with Crippen LogP contribution in [0, 0.1) is 0 Å². The Hall–Kier alpha value is -1.79. The number of halogens is 1. The molecule has 1 rings (SSSR count). The molecule has 0 aliphatic heterocycles. The Morgan fingerprint density at radius 3 is 2.67 bits per heavy atom. The third kappa shape index (κ3) is 5.24. The zero-order chi connectivity index (χ0) is 15.8. The summed E-state index contributed by atoms with van der Waals surface area (Å²) in [5, 5.41) is 2.87. The van der Waals surface area contributed by atoms with E-state index in [-0.39, 0.29) is 6.61 Å². The van der Waals surface area contributed by atoms with Crippen molar-refractivity contribution >= 4 is 29.2 Å². The number of rotatable bonds is 7. The maximum Gasteiger partial charge on any atom is 0.332 e. The third-order valence-electron chi connectivity index (χ3n) is 2.48. The molecule has 1 aromatic rings. The fourth-order valence-corrected chi connectivity index (χ4v) is 1.70. The molecule has 6 nitrogen and oxygen atoms in total. The van der Waals surface area contributed by atoms with Crippen molar-refractivity contribution in [1.82, 2.24) is 0 Å². The molecule has 0 fully saturated rings. The summed E-state index contributed by atoms with van der Waals surface area (Å²) in [7, 11) is 0. The van der Waals surface area contributed by atoms with E-state index in [1.54, 1.807) is 19.1 Å². The largest absolute Gasteiger partial charge is 0.492 e. The van der Waals surface area contributed by atoms with Gasteiger partial charge in [0.25, 0.3) is 5.91 Å². The van der Waals surface area contributed by atoms with Gasteiger partial charge in [0, 0.05) is 5.69 Å². The van der Waals surface area contributed by atoms with E-state index in [9.17, 15) is 9.59 Å². The molecule has 21 heavy (non-hydrogen) atoms. The summed E-state index contributed by atoms with van der Waals surface area (Å²) in [6.07, 6.45) is 0.864. The van der Waals surface area contributed by atoms with Crippen LogP contribution in [-0.4, -0.2) is 31.1 Å². The van der Waals surface area contributed by atoms with Crippen LogP contribution in [0.15, 0.2) is 18.2 Å². The van der Waals surface area contributed by atoms with E-state index in [0.29, 0.717) is 23.1 Å². The van der Waals surface area contributed by atoms with Crippen molar-refractivity contribution in [2.45, 2.75) is 26.3 Å². The molecule has 0 aliphatic carbocycles. The van der Waals surface area contributed by atoms with Crippen LogP contribution in [0.3, 0.4) is 0 Å². The minimum Gasteiger partial charge on any atom is -0.492 e. The maximum absolute atomic E-state index is 11.8. The Balaban J connectivity index is 2.68. The van der Waals surface area contributed by atoms with Crippen LogP contribution in [-0.2, 0) is 14.3 Å². The first-order chi connectivity index (χ1) is 9.99. The summed E-state index contributed by atoms with van der Waals surface area (Å²) < 4.78 is 10.1. The molecule has 7 heteroatoms. The average molecular weight is 315 g/mol. The molecule has 0 heterocycles. The Morgan fingerprint density at radius 2 is 2.10 bits per heavy atom. The lowest BCUT2D eigenvalue weighted by atomic mass is 10.2. The van der Waals surface area contributed by atoms with Crippen LogP contribution >= 0.6 is 11.6 Å². The van der Waals surface area contributed by atoms with Crippen LogP contribution in [0.2, 0.25) is 5.02 Å². The predicted octanol–water partition coefficient (Wildman–Crippen LogP) is 1.96. The van der Waals surface area contributed by atoms with Gasteiger partial charge >= 0.3 is 5.97 Å². The van der Waals surface area contributed by atoms with Crippen LogP contribution in [0.1, 0.15) is 20.3 Å². The second-order valence-electron chi connectivity index (χ2n) is 4.21. The van der Waals surface area contributed by atoms with Crippen molar-refractivity contribution < 1.29 is 19.1 Å². The van der Waals surface area contributed by atoms with Gasteiger partial charge in [0.1, 0.15) is 5.75 Å². The molecule has 0 radical (unpaired) electrons. The molecule has 1 amide bonds. The lowest BCUT2D eigenvalue weighted by Gasteiger charge is -2.12. The topological polar surface area (TPSA) is 90.6 Å². The summed E-state index contributed by atoms with van der Waals surface area (Å²) >= 11 is 6.04. The van der Waals surface area contributed by atoms with Crippen LogP contribution in [0.4, 0.5) is 5.69 Å². The first-order valence-electron chi connectivity index (χ1n) is 6.65. The molecule has 1 aromatic carbocycles. The van der Waals surface area contributed by atoms with Gasteiger partial charge in [-0.3, -0.25) is 4.79 Å². The number of carbonyl (C=O) groups is 2. The number of nitrogens with one attached hydrogen (secondary N) is 1. The van der Waals surface area contributed by atoms with Crippen molar-refractivity contribution in [3.63, 3.8) is 0 Å². The van der Waals surface area contributed by atoms with Gasteiger partial charge in [0.2, 0.25) is 0 Å². The summed E-state index contributed by atoms with van der Waals surface area (Å²) in [6.45, 7) is 4.34. The van der Waals surface area contributed by atoms with E-state index in [4.69, 9.17) is 22.1 Å². The Kier molecular flexibility index (Phi) is 6.98. The lowest BCUT2D eigenvalue weighted by molar-refractivity contribution is -0.146. The molecule has 0 aliphatic rings. The molecular weight excluding hydrogens is 296 g/mol. The molecule has 0 aromatic heterocycles. The minimum atomic E-state index is -1.38. The average Bonchev–Trinajstić information content (AvgIpc) is 2.45. The molecule has 0 saturated heterocycles. The number of esters is 1. The molecule has 1 atom stereocenters. The summed E-state index contributed by atoms with van der Waals surface area (Å²) in [5.74, 6) is -0.901. The van der Waals surface area contributed by atoms with Gasteiger partial charge in [-0.1, -0.05) is 18.5 Å². The van der Waals surface area contributed by atoms with E-state index in [1.807, 2.05) is 6.92 Å². The van der Waals surface area contributed by atoms with Gasteiger partial charge in [0.05, 0.1) is 18.2 Å². The monoisotopic (exact) mass is 314 g/mol. The smallest absolute Gasteiger partial charge is 0.332 e. The summed E-state index contributed by atoms with van der Waals surface area (Å²) in [5.41, 5.74) is 5.91. The highest BCUT2D eigenvalue weighted by Crippen LogP contribution is 2.27. The van der Waals surface area contributed by atoms with Crippen LogP contribution < -0.4 is 15.8 Å². The number of benzene rings is 1. The zero-order valence-corrected chi connectivity index (χ0v) is 12.8. The molecule has 0 saturated carbocycles. The standard InChI is InChI=1S/C14H19ClN2O4/c1-3-7-21-11-6-5-9(8-10(11)15)17-13(18)12(16)14(19)20-4-2/h5-6,8,12H,3-4,7,16H2,1-2H3,(H,17,18). The summed E-state index contributed by atoms with van der Waals surface area (Å²) in [6, 6.07) is 3.41. The first kappa shape index (κ1) is 17.3. The van der Waals surface area contributed by atoms with Crippen LogP contribution in [0.5, 0.6) is 5.75 Å². The fraction of sp³-hybridized carbons (Fsp3) is 0.429. The minimum absolute atomic E-state index is 0.162. The number of amides is 1. The number of carbonyl (C=O) groups excluding carboxylic acids is 2. The van der Waals surface area contributed by atoms with E-state index >= 15 is 0 Å². The Morgan fingerprint density at radius 1 is 1.38 bits per heavy atom. The predicted molar refractivity (Wildman–Crippen MR) is 80.5 cm³/mol. The Labute approximate surface area is 128 Å². The molecule has 3 N–H and O–H groups in total. The second kappa shape index (κ2) is 8.49. The van der Waals surface area contributed by atoms with Crippen LogP contribution in [0.25, 0.3) is 0 Å².